The molecule has 0 aliphatic heterocycles. The van der Waals surface area contributed by atoms with Gasteiger partial charge in [-0.3, -0.25) is 0 Å². The van der Waals surface area contributed by atoms with Gasteiger partial charge in [-0.15, -0.1) is 0 Å². The number of benzene rings is 6. The van der Waals surface area contributed by atoms with E-state index in [2.05, 4.69) is 13.8 Å². The van der Waals surface area contributed by atoms with Gasteiger partial charge in [-0.05, 0) is 134 Å². The molecule has 0 bridgehead atoms. The second kappa shape index (κ2) is 31.0. The Hall–Kier alpha value is -7.01. The highest BCUT2D eigenvalue weighted by atomic mass is 19.1. The molecule has 11 heteroatoms. The summed E-state index contributed by atoms with van der Waals surface area (Å²) in [5.41, 5.74) is 2.29. The molecule has 75 heavy (non-hydrogen) atoms. The van der Waals surface area contributed by atoms with E-state index >= 15 is 8.78 Å². The van der Waals surface area contributed by atoms with E-state index in [1.54, 1.807) is 24.3 Å². The molecule has 0 spiro atoms. The second-order valence-corrected chi connectivity index (χ2v) is 19.2. The molecule has 6 aromatic carbocycles. The van der Waals surface area contributed by atoms with Gasteiger partial charge in [-0.25, -0.2) is 32.3 Å². The first kappa shape index (κ1) is 57.3. The Balaban J connectivity index is 0.936. The minimum Gasteiger partial charge on any atom is -0.423 e. The lowest BCUT2D eigenvalue weighted by atomic mass is 10.0. The Morgan fingerprint density at radius 2 is 0.653 bits per heavy atom. The molecular weight excluding hydrogens is 954 g/mol. The smallest absolute Gasteiger partial charge is 0.343 e. The summed E-state index contributed by atoms with van der Waals surface area (Å²) in [7, 11) is 0. The Morgan fingerprint density at radius 1 is 0.333 bits per heavy atom. The van der Waals surface area contributed by atoms with E-state index < -0.39 is 52.6 Å². The number of ether oxygens (including phenoxy) is 4. The largest absolute Gasteiger partial charge is 0.423 e. The lowest BCUT2D eigenvalue weighted by Crippen LogP contribution is -2.12. The zero-order valence-corrected chi connectivity index (χ0v) is 43.6. The van der Waals surface area contributed by atoms with E-state index in [0.29, 0.717) is 11.1 Å². The molecule has 6 rings (SSSR count). The van der Waals surface area contributed by atoms with Crippen molar-refractivity contribution < 1.29 is 51.3 Å². The first-order chi connectivity index (χ1) is 36.5. The van der Waals surface area contributed by atoms with Gasteiger partial charge in [0.15, 0.2) is 11.6 Å². The summed E-state index contributed by atoms with van der Waals surface area (Å²) in [6, 6.07) is 30.6. The van der Waals surface area contributed by atoms with Crippen molar-refractivity contribution >= 4 is 23.9 Å². The van der Waals surface area contributed by atoms with E-state index in [0.717, 1.165) is 61.1 Å². The van der Waals surface area contributed by atoms with Crippen LogP contribution in [0.25, 0.3) is 11.1 Å². The summed E-state index contributed by atoms with van der Waals surface area (Å²) in [5, 5.41) is 0. The predicted octanol–water partition coefficient (Wildman–Crippen LogP) is 17.6. The van der Waals surface area contributed by atoms with Gasteiger partial charge in [-0.1, -0.05) is 154 Å². The summed E-state index contributed by atoms with van der Waals surface area (Å²) in [6.45, 7) is 4.47. The molecule has 0 saturated carbocycles. The van der Waals surface area contributed by atoms with Crippen molar-refractivity contribution in [2.24, 2.45) is 0 Å². The Morgan fingerprint density at radius 3 is 1.04 bits per heavy atom. The van der Waals surface area contributed by atoms with Crippen molar-refractivity contribution in [2.45, 2.75) is 155 Å². The van der Waals surface area contributed by atoms with E-state index in [1.807, 2.05) is 24.3 Å². The van der Waals surface area contributed by atoms with Crippen LogP contribution in [0, 0.1) is 17.5 Å². The number of aryl methyl sites for hydroxylation is 2. The molecule has 396 valence electrons. The SMILES string of the molecule is CCCCCCCCCCCCc1ccc(C(=O)Oc2ccc(C(=O)Oc3ccc(-c4ccc(F)c(OC(=O)c5ccc(OC(=O)c6ccc(CCCCCCCCCCCC)cc6)cc5)c4F)c(F)c3)cc2)cc1. The number of carbonyl (C=O) groups is 4. The molecule has 0 atom stereocenters. The van der Waals surface area contributed by atoms with Crippen molar-refractivity contribution in [1.82, 2.24) is 0 Å². The lowest BCUT2D eigenvalue weighted by Gasteiger charge is -2.12. The van der Waals surface area contributed by atoms with Crippen LogP contribution < -0.4 is 18.9 Å². The first-order valence-electron chi connectivity index (χ1n) is 27.1. The van der Waals surface area contributed by atoms with E-state index in [1.165, 1.54) is 170 Å². The summed E-state index contributed by atoms with van der Waals surface area (Å²) in [6.07, 6.45) is 27.2. The third kappa shape index (κ3) is 18.7. The Bertz CT molecular complexity index is 2730. The summed E-state index contributed by atoms with van der Waals surface area (Å²) >= 11 is 0. The quantitative estimate of drug-likeness (QED) is 0.0241. The van der Waals surface area contributed by atoms with Crippen LogP contribution in [0.1, 0.15) is 195 Å². The fourth-order valence-corrected chi connectivity index (χ4v) is 8.83. The number of halogens is 3. The average molecular weight is 1030 g/mol. The van der Waals surface area contributed by atoms with Crippen molar-refractivity contribution in [3.05, 3.63) is 178 Å². The first-order valence-corrected chi connectivity index (χ1v) is 27.1. The highest BCUT2D eigenvalue weighted by molar-refractivity contribution is 5.94. The molecule has 0 unspecified atom stereocenters. The molecule has 0 aliphatic carbocycles. The Labute approximate surface area is 441 Å². The van der Waals surface area contributed by atoms with Crippen LogP contribution in [0.4, 0.5) is 13.2 Å². The van der Waals surface area contributed by atoms with Crippen LogP contribution >= 0.6 is 0 Å². The molecule has 0 amide bonds. The van der Waals surface area contributed by atoms with Gasteiger partial charge in [0, 0.05) is 17.2 Å². The molecular formula is C64H71F3O8. The number of hydrogen-bond acceptors (Lipinski definition) is 8. The van der Waals surface area contributed by atoms with Crippen LogP contribution in [0.5, 0.6) is 23.0 Å². The number of hydrogen-bond donors (Lipinski definition) is 0. The molecule has 0 saturated heterocycles. The minimum atomic E-state index is -1.34. The molecule has 0 aromatic heterocycles. The fraction of sp³-hybridized carbons (Fsp3) is 0.375. The molecule has 0 fully saturated rings. The van der Waals surface area contributed by atoms with Crippen molar-refractivity contribution in [3.63, 3.8) is 0 Å². The maximum Gasteiger partial charge on any atom is 0.343 e. The second-order valence-electron chi connectivity index (χ2n) is 19.2. The van der Waals surface area contributed by atoms with Gasteiger partial charge in [0.2, 0.25) is 5.75 Å². The zero-order chi connectivity index (χ0) is 53.2. The molecule has 0 heterocycles. The van der Waals surface area contributed by atoms with E-state index in [4.69, 9.17) is 18.9 Å². The van der Waals surface area contributed by atoms with Crippen LogP contribution in [-0.4, -0.2) is 23.9 Å². The Kier molecular flexibility index (Phi) is 23.7. The summed E-state index contributed by atoms with van der Waals surface area (Å²) < 4.78 is 67.8. The average Bonchev–Trinajstić information content (AvgIpc) is 3.42. The van der Waals surface area contributed by atoms with Crippen LogP contribution in [0.2, 0.25) is 0 Å². The number of unbranched alkanes of at least 4 members (excludes halogenated alkanes) is 18. The van der Waals surface area contributed by atoms with Gasteiger partial charge in [0.25, 0.3) is 0 Å². The topological polar surface area (TPSA) is 105 Å². The highest BCUT2D eigenvalue weighted by Crippen LogP contribution is 2.35. The monoisotopic (exact) mass is 1020 g/mol. The lowest BCUT2D eigenvalue weighted by molar-refractivity contribution is 0.0713. The third-order valence-electron chi connectivity index (χ3n) is 13.3. The van der Waals surface area contributed by atoms with Crippen molar-refractivity contribution in [2.75, 3.05) is 0 Å². The van der Waals surface area contributed by atoms with E-state index in [9.17, 15) is 23.6 Å². The summed E-state index contributed by atoms with van der Waals surface area (Å²) in [4.78, 5) is 51.8. The maximum atomic E-state index is 15.8. The summed E-state index contributed by atoms with van der Waals surface area (Å²) in [5.74, 6) is -7.58. The van der Waals surface area contributed by atoms with Gasteiger partial charge < -0.3 is 18.9 Å². The minimum absolute atomic E-state index is 0.0811. The predicted molar refractivity (Wildman–Crippen MR) is 288 cm³/mol. The van der Waals surface area contributed by atoms with Crippen molar-refractivity contribution in [1.29, 1.82) is 0 Å². The van der Waals surface area contributed by atoms with Gasteiger partial charge in [-0.2, -0.15) is 0 Å². The molecule has 6 aromatic rings. The molecule has 8 nitrogen and oxygen atoms in total. The van der Waals surface area contributed by atoms with Crippen LogP contribution in [0.3, 0.4) is 0 Å². The maximum absolute atomic E-state index is 15.8. The van der Waals surface area contributed by atoms with Gasteiger partial charge in [0.05, 0.1) is 22.3 Å². The zero-order valence-electron chi connectivity index (χ0n) is 43.6. The number of carbonyl (C=O) groups excluding carboxylic acids is 4. The molecule has 0 N–H and O–H groups in total. The normalized spacial score (nSPS) is 11.1. The van der Waals surface area contributed by atoms with E-state index in [-0.39, 0.29) is 33.9 Å². The standard InChI is InChI=1S/C64H71F3O8/c1-3-5-7-9-11-13-15-17-19-21-23-46-25-29-48(30-26-46)61(68)72-52-37-33-50(34-38-52)63(70)74-54-41-42-55(58(66)45-54)56-43-44-57(65)60(59(56)67)75-64(71)51-35-39-53(40-36-51)73-62(69)49-31-27-47(28-32-49)24-22-20-18-16-14-12-10-8-6-4-2/h25-45H,3-24H2,1-2H3. The van der Waals surface area contributed by atoms with Crippen molar-refractivity contribution in [3.8, 4) is 34.1 Å². The molecule has 0 aliphatic rings. The van der Waals surface area contributed by atoms with Crippen LogP contribution in [0.15, 0.2) is 127 Å². The van der Waals surface area contributed by atoms with Gasteiger partial charge >= 0.3 is 23.9 Å². The third-order valence-corrected chi connectivity index (χ3v) is 13.3. The van der Waals surface area contributed by atoms with Crippen LogP contribution in [-0.2, 0) is 12.8 Å². The molecule has 0 radical (unpaired) electrons. The van der Waals surface area contributed by atoms with Gasteiger partial charge in [0.1, 0.15) is 23.1 Å². The number of rotatable bonds is 31. The fourth-order valence-electron chi connectivity index (χ4n) is 8.83. The highest BCUT2D eigenvalue weighted by Gasteiger charge is 2.23. The number of esters is 4.